The van der Waals surface area contributed by atoms with Crippen LogP contribution in [-0.4, -0.2) is 74.3 Å². The smallest absolute Gasteiger partial charge is 0.376 e. The lowest BCUT2D eigenvalue weighted by atomic mass is 9.76. The van der Waals surface area contributed by atoms with E-state index < -0.39 is 59.2 Å². The fourth-order valence-corrected chi connectivity index (χ4v) is 11.6. The summed E-state index contributed by atoms with van der Waals surface area (Å²) in [6, 6.07) is 71.8. The minimum absolute atomic E-state index is 0.0705. The minimum atomic E-state index is -1.26. The number of ether oxygens (including phenoxy) is 1. The molecule has 0 aliphatic heterocycles. The molecule has 1 aliphatic rings. The van der Waals surface area contributed by atoms with Gasteiger partial charge in [0.25, 0.3) is 5.78 Å². The molecule has 83 heavy (non-hydrogen) atoms. The molecule has 9 rings (SSSR count). The molecule has 0 saturated heterocycles. The molecule has 2 atom stereocenters. The highest BCUT2D eigenvalue weighted by Crippen LogP contribution is 2.45. The van der Waals surface area contributed by atoms with Gasteiger partial charge in [-0.05, 0) is 121 Å². The number of carbonyl (C=O) groups is 5. The zero-order chi connectivity index (χ0) is 58.0. The van der Waals surface area contributed by atoms with Crippen LogP contribution in [0.25, 0.3) is 11.1 Å². The summed E-state index contributed by atoms with van der Waals surface area (Å²) in [5, 5.41) is 16.0. The first-order chi connectivity index (χ1) is 40.5. The van der Waals surface area contributed by atoms with Crippen molar-refractivity contribution in [2.75, 3.05) is 32.8 Å². The number of amides is 3. The SMILES string of the molecule is Cc1ccc(C(NCCCC[C@H](NC(=O)CN)C(=O)NCC(=O)N[C@@H](CCCCNC(c2ccccc2)(c2ccccc2)c2ccc(C)cc2)C(=O)C(=O)OCC2c3ccccc3-c3ccccc32)(c2ccccc2)c2ccccc2)cc1. The first kappa shape index (κ1) is 58.8. The molecule has 12 nitrogen and oxygen atoms in total. The van der Waals surface area contributed by atoms with Crippen LogP contribution < -0.4 is 32.3 Å². The molecule has 0 unspecified atom stereocenters. The molecule has 8 aromatic rings. The number of Topliss-reactive ketones (excluding diaryl/α,β-unsaturated/α-hetero) is 1. The van der Waals surface area contributed by atoms with E-state index in [9.17, 15) is 24.0 Å². The average molecular weight is 1110 g/mol. The monoisotopic (exact) mass is 1110 g/mol. The van der Waals surface area contributed by atoms with Gasteiger partial charge in [0, 0.05) is 5.92 Å². The van der Waals surface area contributed by atoms with Gasteiger partial charge in [-0.1, -0.05) is 230 Å². The summed E-state index contributed by atoms with van der Waals surface area (Å²) < 4.78 is 5.84. The maximum Gasteiger partial charge on any atom is 0.376 e. The van der Waals surface area contributed by atoms with Crippen molar-refractivity contribution in [2.45, 2.75) is 81.5 Å². The number of nitrogens with two attached hydrogens (primary N) is 1. The number of carbonyl (C=O) groups excluding carboxylic acids is 5. The number of esters is 1. The Kier molecular flexibility index (Phi) is 20.0. The van der Waals surface area contributed by atoms with Crippen molar-refractivity contribution < 1.29 is 28.7 Å². The second-order valence-corrected chi connectivity index (χ2v) is 21.4. The molecule has 0 fully saturated rings. The maximum atomic E-state index is 14.3. The Morgan fingerprint density at radius 2 is 0.831 bits per heavy atom. The lowest BCUT2D eigenvalue weighted by Gasteiger charge is -2.37. The quantitative estimate of drug-likeness (QED) is 0.0120. The van der Waals surface area contributed by atoms with E-state index >= 15 is 0 Å². The van der Waals surface area contributed by atoms with Gasteiger partial charge in [-0.25, -0.2) is 4.79 Å². The molecule has 8 aromatic carbocycles. The van der Waals surface area contributed by atoms with E-state index in [1.807, 2.05) is 121 Å². The fourth-order valence-electron chi connectivity index (χ4n) is 11.6. The van der Waals surface area contributed by atoms with E-state index in [-0.39, 0.29) is 31.9 Å². The summed E-state index contributed by atoms with van der Waals surface area (Å²) >= 11 is 0. The van der Waals surface area contributed by atoms with Crippen molar-refractivity contribution in [2.24, 2.45) is 5.73 Å². The molecule has 1 aliphatic carbocycles. The van der Waals surface area contributed by atoms with Crippen molar-refractivity contribution >= 4 is 29.5 Å². The van der Waals surface area contributed by atoms with Gasteiger partial charge in [0.05, 0.1) is 30.2 Å². The number of fused-ring (bicyclic) bond motifs is 3. The van der Waals surface area contributed by atoms with Crippen LogP contribution in [0.5, 0.6) is 0 Å². The number of ketones is 1. The predicted octanol–water partition coefficient (Wildman–Crippen LogP) is 10.1. The van der Waals surface area contributed by atoms with E-state index in [0.29, 0.717) is 38.8 Å². The summed E-state index contributed by atoms with van der Waals surface area (Å²) in [4.78, 5) is 68.9. The third-order valence-corrected chi connectivity index (χ3v) is 15.9. The Morgan fingerprint density at radius 1 is 0.458 bits per heavy atom. The lowest BCUT2D eigenvalue weighted by molar-refractivity contribution is -0.155. The number of nitrogens with one attached hydrogen (secondary N) is 5. The predicted molar refractivity (Wildman–Crippen MR) is 327 cm³/mol. The van der Waals surface area contributed by atoms with Gasteiger partial charge in [-0.3, -0.25) is 29.8 Å². The van der Waals surface area contributed by atoms with Gasteiger partial charge in [0.1, 0.15) is 12.6 Å². The van der Waals surface area contributed by atoms with Gasteiger partial charge in [-0.15, -0.1) is 0 Å². The number of aryl methyl sites for hydroxylation is 2. The number of hydrogen-bond acceptors (Lipinski definition) is 9. The molecule has 0 bridgehead atoms. The molecule has 0 spiro atoms. The summed E-state index contributed by atoms with van der Waals surface area (Å²) in [5.41, 5.74) is 17.1. The van der Waals surface area contributed by atoms with E-state index in [1.165, 1.54) is 0 Å². The average Bonchev–Trinajstić information content (AvgIpc) is 4.07. The first-order valence-corrected chi connectivity index (χ1v) is 28.8. The Hall–Kier alpha value is -8.81. The van der Waals surface area contributed by atoms with Crippen molar-refractivity contribution in [1.82, 2.24) is 26.6 Å². The number of unbranched alkanes of at least 4 members (excludes halogenated alkanes) is 2. The Morgan fingerprint density at radius 3 is 1.25 bits per heavy atom. The van der Waals surface area contributed by atoms with Gasteiger partial charge >= 0.3 is 5.97 Å². The molecular weight excluding hydrogens is 1030 g/mol. The molecule has 0 aromatic heterocycles. The summed E-state index contributed by atoms with van der Waals surface area (Å²) in [7, 11) is 0. The Labute approximate surface area is 487 Å². The van der Waals surface area contributed by atoms with Crippen molar-refractivity contribution in [3.05, 3.63) is 274 Å². The van der Waals surface area contributed by atoms with Crippen LogP contribution >= 0.6 is 0 Å². The highest BCUT2D eigenvalue weighted by Gasteiger charge is 2.38. The third kappa shape index (κ3) is 13.9. The third-order valence-electron chi connectivity index (χ3n) is 15.9. The van der Waals surface area contributed by atoms with Crippen LogP contribution in [0, 0.1) is 13.8 Å². The second kappa shape index (κ2) is 28.3. The van der Waals surface area contributed by atoms with Crippen molar-refractivity contribution in [3.63, 3.8) is 0 Å². The molecule has 0 heterocycles. The molecule has 3 amide bonds. The van der Waals surface area contributed by atoms with Crippen molar-refractivity contribution in [1.29, 1.82) is 0 Å². The Balaban J connectivity index is 0.869. The molecule has 7 N–H and O–H groups in total. The van der Waals surface area contributed by atoms with E-state index in [4.69, 9.17) is 10.5 Å². The largest absolute Gasteiger partial charge is 0.459 e. The topological polar surface area (TPSA) is 181 Å². The van der Waals surface area contributed by atoms with Gasteiger partial charge in [0.2, 0.25) is 17.7 Å². The number of rotatable bonds is 28. The first-order valence-electron chi connectivity index (χ1n) is 28.8. The molecule has 424 valence electrons. The van der Waals surface area contributed by atoms with Crippen LogP contribution in [0.4, 0.5) is 0 Å². The molecular formula is C71H74N6O6. The summed E-state index contributed by atoms with van der Waals surface area (Å²) in [6.07, 6.45) is 2.54. The standard InChI is InChI=1S/C71H74N6O6/c1-50-37-41-56(42-38-50)70(52-23-7-3-8-24-52,53-25-9-4-10-26-53)74-45-21-19-35-63(67(80)69(82)83-49-62-60-33-17-15-31-58(60)59-32-16-18-34-61(59)62)76-66(79)48-73-68(81)64(77-65(78)47-72)36-20-22-46-75-71(54-27-11-5-12-28-54,55-29-13-6-14-30-55)57-43-39-51(2)40-44-57/h3-18,23-34,37-44,62-64,74-75H,19-22,35-36,45-49,72H2,1-2H3,(H,73,81)(H,76,79)(H,77,78)/t63-,64-/m0/s1. The number of benzene rings is 8. The Bertz CT molecular complexity index is 3310. The normalized spacial score (nSPS) is 12.8. The van der Waals surface area contributed by atoms with E-state index in [0.717, 1.165) is 66.8 Å². The molecule has 0 saturated carbocycles. The van der Waals surface area contributed by atoms with Gasteiger partial charge in [0.15, 0.2) is 0 Å². The highest BCUT2D eigenvalue weighted by molar-refractivity contribution is 6.36. The van der Waals surface area contributed by atoms with E-state index in [1.54, 1.807) is 0 Å². The van der Waals surface area contributed by atoms with Crippen LogP contribution in [0.1, 0.15) is 100 Å². The lowest BCUT2D eigenvalue weighted by Crippen LogP contribution is -2.52. The number of hydrogen-bond donors (Lipinski definition) is 6. The zero-order valence-electron chi connectivity index (χ0n) is 47.3. The minimum Gasteiger partial charge on any atom is -0.459 e. The van der Waals surface area contributed by atoms with Crippen LogP contribution in [0.2, 0.25) is 0 Å². The zero-order valence-corrected chi connectivity index (χ0v) is 47.3. The highest BCUT2D eigenvalue weighted by atomic mass is 16.5. The summed E-state index contributed by atoms with van der Waals surface area (Å²) in [5.74, 6) is -4.03. The fraction of sp³-hybridized carbons (Fsp3) is 0.254. The molecule has 0 radical (unpaired) electrons. The maximum absolute atomic E-state index is 14.3. The van der Waals surface area contributed by atoms with Gasteiger partial charge in [-0.2, -0.15) is 0 Å². The van der Waals surface area contributed by atoms with Crippen LogP contribution in [-0.2, 0) is 39.8 Å². The van der Waals surface area contributed by atoms with Crippen molar-refractivity contribution in [3.8, 4) is 11.1 Å². The molecule has 12 heteroatoms. The second-order valence-electron chi connectivity index (χ2n) is 21.4. The van der Waals surface area contributed by atoms with Crippen LogP contribution in [0.3, 0.4) is 0 Å². The van der Waals surface area contributed by atoms with Crippen LogP contribution in [0.15, 0.2) is 218 Å². The summed E-state index contributed by atoms with van der Waals surface area (Å²) in [6.45, 7) is 4.27. The van der Waals surface area contributed by atoms with E-state index in [2.05, 4.69) is 137 Å². The van der Waals surface area contributed by atoms with Gasteiger partial charge < -0.3 is 26.4 Å².